The number of nitrogens with one attached hydrogen (secondary N) is 1. The maximum atomic E-state index is 11.3. The van der Waals surface area contributed by atoms with Gasteiger partial charge in [0.1, 0.15) is 5.69 Å². The highest BCUT2D eigenvalue weighted by molar-refractivity contribution is 5.94. The Hall–Kier alpha value is -4.33. The van der Waals surface area contributed by atoms with Crippen LogP contribution < -0.4 is 11.5 Å². The Morgan fingerprint density at radius 1 is 1.29 bits per heavy atom. The summed E-state index contributed by atoms with van der Waals surface area (Å²) in [5.41, 5.74) is 16.7. The first-order valence-electron chi connectivity index (χ1n) is 11.6. The number of imidazole rings is 1. The van der Waals surface area contributed by atoms with Crippen LogP contribution >= 0.6 is 0 Å². The average molecular weight is 470 g/mol. The molecule has 1 unspecified atom stereocenters. The fourth-order valence-electron chi connectivity index (χ4n) is 4.27. The lowest BCUT2D eigenvalue weighted by Gasteiger charge is -2.10. The van der Waals surface area contributed by atoms with Crippen molar-refractivity contribution in [2.75, 3.05) is 6.54 Å². The zero-order valence-electron chi connectivity index (χ0n) is 20.1. The molecule has 3 heterocycles. The molecule has 35 heavy (non-hydrogen) atoms. The fourth-order valence-corrected chi connectivity index (χ4v) is 4.27. The number of nitrogens with two attached hydrogens (primary N) is 2. The molecule has 6 N–H and O–H groups in total. The topological polar surface area (TPSA) is 131 Å². The van der Waals surface area contributed by atoms with E-state index in [0.29, 0.717) is 30.7 Å². The second-order valence-electron chi connectivity index (χ2n) is 8.37. The van der Waals surface area contributed by atoms with Crippen LogP contribution in [0.1, 0.15) is 37.6 Å². The van der Waals surface area contributed by atoms with Crippen LogP contribution in [0.25, 0.3) is 27.8 Å². The number of rotatable bonds is 9. The van der Waals surface area contributed by atoms with Crippen molar-refractivity contribution in [3.63, 3.8) is 0 Å². The molecule has 0 fully saturated rings. The zero-order chi connectivity index (χ0) is 24.9. The lowest BCUT2D eigenvalue weighted by Crippen LogP contribution is -2.23. The Balaban J connectivity index is 1.86. The number of para-hydroxylation sites is 1. The fraction of sp³-hybridized carbons (Fsp3) is 0.222. The van der Waals surface area contributed by atoms with Gasteiger partial charge in [0.05, 0.1) is 11.4 Å². The van der Waals surface area contributed by atoms with Gasteiger partial charge >= 0.3 is 0 Å². The molecule has 1 atom stereocenters. The van der Waals surface area contributed by atoms with E-state index >= 15 is 0 Å². The number of aliphatic imine (C=N–C) groups is 1. The molecule has 0 saturated heterocycles. The number of nitrogens with zero attached hydrogens (tertiary/aromatic N) is 4. The highest BCUT2D eigenvalue weighted by Crippen LogP contribution is 2.35. The minimum atomic E-state index is -0.143. The van der Waals surface area contributed by atoms with Crippen molar-refractivity contribution >= 4 is 22.5 Å². The first kappa shape index (κ1) is 23.8. The van der Waals surface area contributed by atoms with Crippen LogP contribution in [0, 0.1) is 0 Å². The SMILES string of the molecule is C=C/C=C(\C=C/C)C(C)c1nc2c(CCCN=C(N)N)nc(-c3c[nH]c4ccccc34)cn2c1O. The first-order chi connectivity index (χ1) is 16.9. The van der Waals surface area contributed by atoms with Crippen LogP contribution in [0.2, 0.25) is 0 Å². The van der Waals surface area contributed by atoms with Gasteiger partial charge in [-0.2, -0.15) is 0 Å². The molecule has 0 aliphatic rings. The molecule has 1 aromatic carbocycles. The van der Waals surface area contributed by atoms with E-state index < -0.39 is 0 Å². The van der Waals surface area contributed by atoms with E-state index in [4.69, 9.17) is 21.4 Å². The Morgan fingerprint density at radius 3 is 2.83 bits per heavy atom. The molecule has 3 aromatic heterocycles. The number of hydrogen-bond acceptors (Lipinski definition) is 4. The molecule has 0 aliphatic heterocycles. The van der Waals surface area contributed by atoms with E-state index in [0.717, 1.165) is 33.4 Å². The van der Waals surface area contributed by atoms with Gasteiger partial charge in [0, 0.05) is 41.3 Å². The third kappa shape index (κ3) is 4.82. The summed E-state index contributed by atoms with van der Waals surface area (Å²) in [6, 6.07) is 8.06. The molecule has 0 spiro atoms. The number of guanidine groups is 1. The zero-order valence-corrected chi connectivity index (χ0v) is 20.1. The summed E-state index contributed by atoms with van der Waals surface area (Å²) in [6.45, 7) is 8.28. The number of hydrogen-bond donors (Lipinski definition) is 4. The van der Waals surface area contributed by atoms with E-state index in [1.165, 1.54) is 0 Å². The molecule has 0 bridgehead atoms. The second-order valence-corrected chi connectivity index (χ2v) is 8.37. The average Bonchev–Trinajstić information content (AvgIpc) is 3.42. The number of allylic oxidation sites excluding steroid dienone is 5. The summed E-state index contributed by atoms with van der Waals surface area (Å²) >= 11 is 0. The standard InChI is InChI=1S/C27H31N7O/c1-4-9-18(10-5-2)17(3)24-26(35)34-16-23(20-15-31-21-12-7-6-11-19(20)21)32-22(25(34)33-24)13-8-14-30-27(28)29/h4-7,9-12,15-17,31,35H,1,8,13-14H2,2-3H3,(H4,28,29,30)/b10-5-,18-9+. The van der Waals surface area contributed by atoms with Gasteiger partial charge in [-0.05, 0) is 31.4 Å². The number of aromatic nitrogens is 4. The lowest BCUT2D eigenvalue weighted by molar-refractivity contribution is 0.439. The summed E-state index contributed by atoms with van der Waals surface area (Å²) in [7, 11) is 0. The van der Waals surface area contributed by atoms with Crippen LogP contribution in [0.15, 0.2) is 78.1 Å². The first-order valence-corrected chi connectivity index (χ1v) is 11.6. The van der Waals surface area contributed by atoms with Crippen molar-refractivity contribution in [3.8, 4) is 17.1 Å². The van der Waals surface area contributed by atoms with Crippen LogP contribution in [0.5, 0.6) is 5.88 Å². The van der Waals surface area contributed by atoms with Gasteiger partial charge in [-0.1, -0.05) is 56.0 Å². The van der Waals surface area contributed by atoms with Gasteiger partial charge in [-0.25, -0.2) is 9.97 Å². The molecular formula is C27H31N7O. The number of benzene rings is 1. The van der Waals surface area contributed by atoms with Crippen molar-refractivity contribution in [3.05, 3.63) is 84.5 Å². The summed E-state index contributed by atoms with van der Waals surface area (Å²) in [5.74, 6) is 0.0202. The number of H-pyrrole nitrogens is 1. The number of aromatic hydroxyl groups is 1. The Bertz CT molecular complexity index is 1450. The van der Waals surface area contributed by atoms with Gasteiger partial charge in [-0.15, -0.1) is 0 Å². The molecule has 0 radical (unpaired) electrons. The van der Waals surface area contributed by atoms with Crippen molar-refractivity contribution in [1.82, 2.24) is 19.4 Å². The molecule has 8 heteroatoms. The molecule has 8 nitrogen and oxygen atoms in total. The van der Waals surface area contributed by atoms with Gasteiger partial charge in [0.25, 0.3) is 0 Å². The molecule has 4 rings (SSSR count). The van der Waals surface area contributed by atoms with E-state index in [1.807, 2.05) is 62.7 Å². The van der Waals surface area contributed by atoms with Crippen molar-refractivity contribution < 1.29 is 5.11 Å². The van der Waals surface area contributed by atoms with E-state index in [-0.39, 0.29) is 17.8 Å². The van der Waals surface area contributed by atoms with Crippen LogP contribution in [-0.2, 0) is 6.42 Å². The summed E-state index contributed by atoms with van der Waals surface area (Å²) in [5, 5.41) is 12.3. The van der Waals surface area contributed by atoms with Crippen LogP contribution in [0.4, 0.5) is 0 Å². The third-order valence-electron chi connectivity index (χ3n) is 5.99. The minimum Gasteiger partial charge on any atom is -0.493 e. The maximum absolute atomic E-state index is 11.3. The Kier molecular flexibility index (Phi) is 7.01. The number of aryl methyl sites for hydroxylation is 1. The van der Waals surface area contributed by atoms with Gasteiger partial charge in [0.15, 0.2) is 11.6 Å². The lowest BCUT2D eigenvalue weighted by atomic mass is 9.97. The molecule has 0 aliphatic carbocycles. The monoisotopic (exact) mass is 469 g/mol. The largest absolute Gasteiger partial charge is 0.493 e. The third-order valence-corrected chi connectivity index (χ3v) is 5.99. The van der Waals surface area contributed by atoms with Crippen molar-refractivity contribution in [2.24, 2.45) is 16.5 Å². The van der Waals surface area contributed by atoms with Gasteiger partial charge in [-0.3, -0.25) is 9.39 Å². The van der Waals surface area contributed by atoms with E-state index in [2.05, 4.69) is 22.6 Å². The number of fused-ring (bicyclic) bond motifs is 2. The van der Waals surface area contributed by atoms with Crippen molar-refractivity contribution in [1.29, 1.82) is 0 Å². The molecule has 4 aromatic rings. The quantitative estimate of drug-likeness (QED) is 0.123. The van der Waals surface area contributed by atoms with Crippen LogP contribution in [-0.4, -0.2) is 37.0 Å². The van der Waals surface area contributed by atoms with Crippen molar-refractivity contribution in [2.45, 2.75) is 32.6 Å². The molecule has 0 amide bonds. The Morgan fingerprint density at radius 2 is 2.09 bits per heavy atom. The summed E-state index contributed by atoms with van der Waals surface area (Å²) < 4.78 is 1.73. The maximum Gasteiger partial charge on any atom is 0.219 e. The summed E-state index contributed by atoms with van der Waals surface area (Å²) in [6.07, 6.45) is 12.7. The predicted molar refractivity (Wildman–Crippen MR) is 142 cm³/mol. The summed E-state index contributed by atoms with van der Waals surface area (Å²) in [4.78, 5) is 17.2. The van der Waals surface area contributed by atoms with Crippen LogP contribution in [0.3, 0.4) is 0 Å². The molecular weight excluding hydrogens is 438 g/mol. The number of aromatic amines is 1. The van der Waals surface area contributed by atoms with E-state index in [1.54, 1.807) is 10.5 Å². The smallest absolute Gasteiger partial charge is 0.219 e. The normalized spacial score (nSPS) is 13.0. The second kappa shape index (κ2) is 10.3. The van der Waals surface area contributed by atoms with Gasteiger partial charge < -0.3 is 21.6 Å². The Labute approximate surface area is 204 Å². The minimum absolute atomic E-state index is 0.0655. The van der Waals surface area contributed by atoms with Gasteiger partial charge in [0.2, 0.25) is 5.88 Å². The highest BCUT2D eigenvalue weighted by Gasteiger charge is 2.23. The molecule has 180 valence electrons. The van der Waals surface area contributed by atoms with E-state index in [9.17, 15) is 5.11 Å². The molecule has 0 saturated carbocycles. The predicted octanol–water partition coefficient (Wildman–Crippen LogP) is 4.58. The highest BCUT2D eigenvalue weighted by atomic mass is 16.3.